The van der Waals surface area contributed by atoms with Gasteiger partial charge in [0.2, 0.25) is 0 Å². The molecule has 4 aromatic rings. The first-order valence-electron chi connectivity index (χ1n) is 11.4. The van der Waals surface area contributed by atoms with Crippen LogP contribution in [-0.4, -0.2) is 10.1 Å². The van der Waals surface area contributed by atoms with Gasteiger partial charge < -0.3 is 14.6 Å². The summed E-state index contributed by atoms with van der Waals surface area (Å²) in [5.74, 6) is 1.33. The van der Waals surface area contributed by atoms with Gasteiger partial charge in [-0.3, -0.25) is 4.98 Å². The largest absolute Gasteiger partial charge is 0.452 e. The average molecular weight is 486 g/mol. The third kappa shape index (κ3) is 4.61. The molecule has 1 aliphatic rings. The van der Waals surface area contributed by atoms with E-state index >= 15 is 0 Å². The van der Waals surface area contributed by atoms with E-state index in [4.69, 9.17) is 16.6 Å². The highest BCUT2D eigenvalue weighted by molar-refractivity contribution is 7.99. The van der Waals surface area contributed by atoms with Crippen molar-refractivity contribution in [1.82, 2.24) is 10.3 Å². The number of anilines is 1. The van der Waals surface area contributed by atoms with Gasteiger partial charge in [0.1, 0.15) is 11.8 Å². The number of hydrogen-bond donors (Lipinski definition) is 1. The van der Waals surface area contributed by atoms with Crippen LogP contribution in [0.4, 0.5) is 5.69 Å². The van der Waals surface area contributed by atoms with Gasteiger partial charge in [-0.15, -0.1) is 0 Å². The molecule has 4 nitrogen and oxygen atoms in total. The van der Waals surface area contributed by atoms with Crippen molar-refractivity contribution in [2.45, 2.75) is 48.8 Å². The molecule has 2 atom stereocenters. The topological polar surface area (TPSA) is 41.3 Å². The van der Waals surface area contributed by atoms with Crippen molar-refractivity contribution in [3.05, 3.63) is 108 Å². The highest BCUT2D eigenvalue weighted by Crippen LogP contribution is 2.43. The van der Waals surface area contributed by atoms with Crippen LogP contribution in [-0.2, 0) is 0 Å². The molecule has 0 bridgehead atoms. The second-order valence-electron chi connectivity index (χ2n) is 8.81. The number of hydrogen-bond acceptors (Lipinski definition) is 4. The maximum atomic E-state index is 6.41. The number of aryl methyl sites for hydroxylation is 1. The van der Waals surface area contributed by atoms with E-state index in [0.29, 0.717) is 11.0 Å². The van der Waals surface area contributed by atoms with Crippen molar-refractivity contribution in [3.63, 3.8) is 0 Å². The lowest BCUT2D eigenvalue weighted by atomic mass is 10.0. The maximum absolute atomic E-state index is 6.41. The summed E-state index contributed by atoms with van der Waals surface area (Å²) < 4.78 is 6.41. The lowest BCUT2D eigenvalue weighted by molar-refractivity contribution is 0.383. The van der Waals surface area contributed by atoms with Crippen LogP contribution in [0.5, 0.6) is 0 Å². The Morgan fingerprint density at radius 3 is 2.41 bits per heavy atom. The van der Waals surface area contributed by atoms with Gasteiger partial charge in [0.25, 0.3) is 0 Å². The molecule has 1 saturated heterocycles. The van der Waals surface area contributed by atoms with E-state index in [2.05, 4.69) is 90.6 Å². The van der Waals surface area contributed by atoms with Gasteiger partial charge in [0.05, 0.1) is 11.7 Å². The Kier molecular flexibility index (Phi) is 6.44. The summed E-state index contributed by atoms with van der Waals surface area (Å²) in [4.78, 5) is 7.92. The maximum Gasteiger partial charge on any atom is 0.174 e. The summed E-state index contributed by atoms with van der Waals surface area (Å²) in [5, 5.41) is 5.02. The summed E-state index contributed by atoms with van der Waals surface area (Å²) >= 11 is 7.45. The van der Waals surface area contributed by atoms with Crippen LogP contribution in [0, 0.1) is 6.92 Å². The van der Waals surface area contributed by atoms with Crippen molar-refractivity contribution in [3.8, 4) is 0 Å². The van der Waals surface area contributed by atoms with Gasteiger partial charge >= 0.3 is 0 Å². The average Bonchev–Trinajstić information content (AvgIpc) is 3.45. The first-order chi connectivity index (χ1) is 16.5. The third-order valence-corrected chi connectivity index (χ3v) is 7.31. The minimum Gasteiger partial charge on any atom is -0.452 e. The van der Waals surface area contributed by atoms with Crippen LogP contribution in [0.15, 0.2) is 99.5 Å². The molecule has 1 aliphatic heterocycles. The molecule has 1 fully saturated rings. The smallest absolute Gasteiger partial charge is 0.174 e. The normalized spacial score (nSPS) is 17.9. The Morgan fingerprint density at radius 1 is 0.971 bits per heavy atom. The number of nitrogens with one attached hydrogen (secondary N) is 1. The summed E-state index contributed by atoms with van der Waals surface area (Å²) in [6, 6.07) is 26.9. The number of aromatic nitrogens is 1. The molecule has 6 heteroatoms. The van der Waals surface area contributed by atoms with Gasteiger partial charge in [0, 0.05) is 16.8 Å². The van der Waals surface area contributed by atoms with Crippen LogP contribution < -0.4 is 10.2 Å². The van der Waals surface area contributed by atoms with Crippen molar-refractivity contribution in [2.75, 3.05) is 4.90 Å². The Morgan fingerprint density at radius 2 is 1.74 bits per heavy atom. The molecule has 0 saturated carbocycles. The fraction of sp³-hybridized carbons (Fsp3) is 0.214. The van der Waals surface area contributed by atoms with Crippen LogP contribution in [0.3, 0.4) is 0 Å². The van der Waals surface area contributed by atoms with Crippen LogP contribution in [0.2, 0.25) is 0 Å². The number of rotatable bonds is 6. The Bertz CT molecular complexity index is 1270. The van der Waals surface area contributed by atoms with E-state index in [0.717, 1.165) is 27.1 Å². The number of thiocarbonyl (C=S) groups is 1. The second-order valence-corrected chi connectivity index (χ2v) is 10.3. The summed E-state index contributed by atoms with van der Waals surface area (Å²) in [6.07, 6.45) is 1.82. The quantitative estimate of drug-likeness (QED) is 0.286. The van der Waals surface area contributed by atoms with E-state index in [9.17, 15) is 0 Å². The van der Waals surface area contributed by atoms with Gasteiger partial charge in [-0.2, -0.15) is 0 Å². The number of nitrogens with zero attached hydrogens (tertiary/aromatic N) is 2. The van der Waals surface area contributed by atoms with Gasteiger partial charge in [-0.1, -0.05) is 61.5 Å². The zero-order chi connectivity index (χ0) is 23.7. The molecule has 1 N–H and O–H groups in total. The number of benzene rings is 2. The number of furan rings is 1. The molecule has 2 aromatic heterocycles. The molecular weight excluding hydrogens is 458 g/mol. The summed E-state index contributed by atoms with van der Waals surface area (Å²) in [6.45, 7) is 6.50. The molecule has 5 rings (SSSR count). The van der Waals surface area contributed by atoms with E-state index in [-0.39, 0.29) is 12.1 Å². The highest BCUT2D eigenvalue weighted by atomic mass is 32.2. The van der Waals surface area contributed by atoms with Crippen LogP contribution in [0.1, 0.15) is 54.4 Å². The van der Waals surface area contributed by atoms with Crippen molar-refractivity contribution >= 4 is 34.8 Å². The molecule has 0 spiro atoms. The third-order valence-electron chi connectivity index (χ3n) is 6.07. The fourth-order valence-electron chi connectivity index (χ4n) is 4.21. The molecule has 0 aliphatic carbocycles. The van der Waals surface area contributed by atoms with Crippen LogP contribution >= 0.6 is 24.0 Å². The van der Waals surface area contributed by atoms with Gasteiger partial charge in [0.15, 0.2) is 10.2 Å². The van der Waals surface area contributed by atoms with Gasteiger partial charge in [-0.25, -0.2) is 0 Å². The van der Waals surface area contributed by atoms with E-state index in [1.54, 1.807) is 11.8 Å². The molecule has 3 heterocycles. The predicted octanol–water partition coefficient (Wildman–Crippen LogP) is 7.43. The van der Waals surface area contributed by atoms with Crippen LogP contribution in [0.25, 0.3) is 0 Å². The lowest BCUT2D eigenvalue weighted by Crippen LogP contribution is -2.29. The first kappa shape index (κ1) is 22.7. The molecule has 172 valence electrons. The molecule has 34 heavy (non-hydrogen) atoms. The van der Waals surface area contributed by atoms with E-state index in [1.807, 2.05) is 30.5 Å². The Hall–Kier alpha value is -3.09. The van der Waals surface area contributed by atoms with Crippen molar-refractivity contribution in [1.29, 1.82) is 0 Å². The zero-order valence-corrected chi connectivity index (χ0v) is 21.1. The van der Waals surface area contributed by atoms with Gasteiger partial charge in [-0.05, 0) is 79.2 Å². The lowest BCUT2D eigenvalue weighted by Gasteiger charge is -2.26. The van der Waals surface area contributed by atoms with Crippen molar-refractivity contribution < 1.29 is 4.42 Å². The van der Waals surface area contributed by atoms with E-state index in [1.165, 1.54) is 11.1 Å². The first-order valence-corrected chi connectivity index (χ1v) is 12.7. The Labute approximate surface area is 210 Å². The standard InChI is InChI=1S/C28H27N3OS2/c1-18(2)20-9-11-21(12-10-20)31-27(26(30-28(31)33)23-6-4-5-17-29-23)24-15-16-25(32-24)34-22-13-7-19(3)8-14-22/h4-18,26-27H,1-3H3,(H,30,33)/t26-,27+/m0/s1. The molecule has 0 amide bonds. The molecule has 0 radical (unpaired) electrons. The predicted molar refractivity (Wildman–Crippen MR) is 142 cm³/mol. The summed E-state index contributed by atoms with van der Waals surface area (Å²) in [5.41, 5.74) is 4.51. The minimum absolute atomic E-state index is 0.123. The minimum atomic E-state index is -0.153. The molecule has 2 aromatic carbocycles. The van der Waals surface area contributed by atoms with E-state index < -0.39 is 0 Å². The molecular formula is C28H27N3OS2. The fourth-order valence-corrected chi connectivity index (χ4v) is 5.34. The Balaban J connectivity index is 1.51. The number of pyridine rings is 1. The SMILES string of the molecule is Cc1ccc(Sc2ccc([C@@H]3[C@H](c4ccccn4)NC(=S)N3c3ccc(C(C)C)cc3)o2)cc1. The summed E-state index contributed by atoms with van der Waals surface area (Å²) in [7, 11) is 0. The zero-order valence-electron chi connectivity index (χ0n) is 19.4. The van der Waals surface area contributed by atoms with Crippen molar-refractivity contribution in [2.24, 2.45) is 0 Å². The monoisotopic (exact) mass is 485 g/mol. The molecule has 0 unspecified atom stereocenters. The highest BCUT2D eigenvalue weighted by Gasteiger charge is 2.42. The second kappa shape index (κ2) is 9.65.